The Labute approximate surface area is 131 Å². The summed E-state index contributed by atoms with van der Waals surface area (Å²) < 4.78 is 0. The molecule has 6 nitrogen and oxygen atoms in total. The van der Waals surface area contributed by atoms with E-state index >= 15 is 0 Å². The molecule has 0 radical (unpaired) electrons. The number of hydrogen-bond donors (Lipinski definition) is 1. The summed E-state index contributed by atoms with van der Waals surface area (Å²) in [5, 5.41) is 8.74. The highest BCUT2D eigenvalue weighted by Gasteiger charge is 2.39. The number of aliphatic carboxylic acids is 1. The second-order valence-electron chi connectivity index (χ2n) is 6.43. The molecule has 0 spiro atoms. The maximum absolute atomic E-state index is 12.7. The maximum Gasteiger partial charge on any atom is 0.305 e. The van der Waals surface area contributed by atoms with E-state index in [1.165, 1.54) is 4.90 Å². The molecule has 0 aromatic carbocycles. The molecule has 0 aromatic rings. The second kappa shape index (κ2) is 7.61. The quantitative estimate of drug-likeness (QED) is 0.831. The third kappa shape index (κ3) is 3.99. The molecular weight excluding hydrogens is 284 g/mol. The molecule has 1 aliphatic carbocycles. The Hall–Kier alpha value is -1.59. The predicted molar refractivity (Wildman–Crippen MR) is 81.2 cm³/mol. The van der Waals surface area contributed by atoms with Crippen LogP contribution in [0.5, 0.6) is 0 Å². The van der Waals surface area contributed by atoms with Crippen molar-refractivity contribution in [3.05, 3.63) is 0 Å². The highest BCUT2D eigenvalue weighted by atomic mass is 16.4. The molecule has 6 heteroatoms. The zero-order valence-electron chi connectivity index (χ0n) is 13.3. The van der Waals surface area contributed by atoms with Crippen molar-refractivity contribution in [1.82, 2.24) is 9.80 Å². The SMILES string of the molecule is CN(CCC(=O)O)C(=O)C1CCCCC1C(=O)N1CCCC1. The first-order valence-electron chi connectivity index (χ1n) is 8.26. The molecule has 2 atom stereocenters. The van der Waals surface area contributed by atoms with Gasteiger partial charge in [-0.25, -0.2) is 0 Å². The van der Waals surface area contributed by atoms with Crippen molar-refractivity contribution in [2.75, 3.05) is 26.7 Å². The van der Waals surface area contributed by atoms with Crippen LogP contribution in [0.1, 0.15) is 44.9 Å². The van der Waals surface area contributed by atoms with Crippen molar-refractivity contribution < 1.29 is 19.5 Å². The Morgan fingerprint density at radius 2 is 1.64 bits per heavy atom. The van der Waals surface area contributed by atoms with Crippen LogP contribution in [0, 0.1) is 11.8 Å². The highest BCUT2D eigenvalue weighted by molar-refractivity contribution is 5.88. The van der Waals surface area contributed by atoms with Gasteiger partial charge >= 0.3 is 5.97 Å². The number of likely N-dealkylation sites (tertiary alicyclic amines) is 1. The molecule has 2 fully saturated rings. The summed E-state index contributed by atoms with van der Waals surface area (Å²) in [4.78, 5) is 39.3. The Morgan fingerprint density at radius 3 is 2.23 bits per heavy atom. The molecule has 0 bridgehead atoms. The summed E-state index contributed by atoms with van der Waals surface area (Å²) in [6.07, 6.45) is 5.52. The van der Waals surface area contributed by atoms with Crippen LogP contribution in [0.3, 0.4) is 0 Å². The lowest BCUT2D eigenvalue weighted by molar-refractivity contribution is -0.147. The van der Waals surface area contributed by atoms with Gasteiger partial charge in [-0.05, 0) is 25.7 Å². The Kier molecular flexibility index (Phi) is 5.80. The lowest BCUT2D eigenvalue weighted by atomic mass is 9.77. The van der Waals surface area contributed by atoms with E-state index in [1.807, 2.05) is 4.90 Å². The maximum atomic E-state index is 12.7. The number of amides is 2. The van der Waals surface area contributed by atoms with Crippen LogP contribution in [-0.4, -0.2) is 59.4 Å². The summed E-state index contributed by atoms with van der Waals surface area (Å²) in [5.74, 6) is -1.35. The van der Waals surface area contributed by atoms with Crippen molar-refractivity contribution in [3.8, 4) is 0 Å². The van der Waals surface area contributed by atoms with E-state index in [2.05, 4.69) is 0 Å². The highest BCUT2D eigenvalue weighted by Crippen LogP contribution is 2.33. The van der Waals surface area contributed by atoms with Crippen LogP contribution in [0.2, 0.25) is 0 Å². The number of carbonyl (C=O) groups excluding carboxylic acids is 2. The normalized spacial score (nSPS) is 25.0. The Morgan fingerprint density at radius 1 is 1.05 bits per heavy atom. The Balaban J connectivity index is 2.00. The zero-order valence-corrected chi connectivity index (χ0v) is 13.3. The first-order valence-corrected chi connectivity index (χ1v) is 8.26. The van der Waals surface area contributed by atoms with Crippen molar-refractivity contribution >= 4 is 17.8 Å². The summed E-state index contributed by atoms with van der Waals surface area (Å²) in [7, 11) is 1.64. The van der Waals surface area contributed by atoms with E-state index in [0.29, 0.717) is 0 Å². The number of nitrogens with zero attached hydrogens (tertiary/aromatic N) is 2. The number of carbonyl (C=O) groups is 3. The topological polar surface area (TPSA) is 77.9 Å². The number of carboxylic acid groups (broad SMARTS) is 1. The fraction of sp³-hybridized carbons (Fsp3) is 0.812. The van der Waals surface area contributed by atoms with E-state index in [1.54, 1.807) is 7.05 Å². The third-order valence-corrected chi connectivity index (χ3v) is 4.86. The minimum absolute atomic E-state index is 0.0559. The fourth-order valence-corrected chi connectivity index (χ4v) is 3.55. The van der Waals surface area contributed by atoms with E-state index < -0.39 is 5.97 Å². The molecule has 22 heavy (non-hydrogen) atoms. The van der Waals surface area contributed by atoms with Gasteiger partial charge in [0.05, 0.1) is 6.42 Å². The molecule has 2 unspecified atom stereocenters. The summed E-state index contributed by atoms with van der Waals surface area (Å²) in [5.41, 5.74) is 0. The predicted octanol–water partition coefficient (Wildman–Crippen LogP) is 1.35. The van der Waals surface area contributed by atoms with E-state index in [0.717, 1.165) is 51.6 Å². The molecule has 1 saturated carbocycles. The molecule has 2 aliphatic rings. The van der Waals surface area contributed by atoms with Crippen LogP contribution in [0.15, 0.2) is 0 Å². The summed E-state index contributed by atoms with van der Waals surface area (Å²) in [6.45, 7) is 1.82. The standard InChI is InChI=1S/C16H26N2O4/c1-17(11-8-14(19)20)15(21)12-6-2-3-7-13(12)16(22)18-9-4-5-10-18/h12-13H,2-11H2,1H3,(H,19,20). The van der Waals surface area contributed by atoms with Gasteiger partial charge in [0.2, 0.25) is 11.8 Å². The summed E-state index contributed by atoms with van der Waals surface area (Å²) >= 11 is 0. The number of carboxylic acids is 1. The molecule has 0 aromatic heterocycles. The van der Waals surface area contributed by atoms with Crippen molar-refractivity contribution in [2.45, 2.75) is 44.9 Å². The van der Waals surface area contributed by atoms with Gasteiger partial charge in [0.15, 0.2) is 0 Å². The van der Waals surface area contributed by atoms with Gasteiger partial charge in [0.1, 0.15) is 0 Å². The molecular formula is C16H26N2O4. The largest absolute Gasteiger partial charge is 0.481 e. The van der Waals surface area contributed by atoms with Crippen LogP contribution in [-0.2, 0) is 14.4 Å². The van der Waals surface area contributed by atoms with Gasteiger partial charge < -0.3 is 14.9 Å². The molecule has 1 saturated heterocycles. The smallest absolute Gasteiger partial charge is 0.305 e. The molecule has 1 N–H and O–H groups in total. The van der Waals surface area contributed by atoms with E-state index in [-0.39, 0.29) is 36.6 Å². The average Bonchev–Trinajstić information content (AvgIpc) is 3.05. The van der Waals surface area contributed by atoms with Gasteiger partial charge in [0.25, 0.3) is 0 Å². The molecule has 1 heterocycles. The molecule has 1 aliphatic heterocycles. The van der Waals surface area contributed by atoms with Crippen LogP contribution in [0.25, 0.3) is 0 Å². The van der Waals surface area contributed by atoms with Crippen molar-refractivity contribution in [1.29, 1.82) is 0 Å². The first-order chi connectivity index (χ1) is 10.5. The average molecular weight is 310 g/mol. The van der Waals surface area contributed by atoms with Crippen LogP contribution < -0.4 is 0 Å². The van der Waals surface area contributed by atoms with Gasteiger partial charge in [-0.3, -0.25) is 14.4 Å². The molecule has 124 valence electrons. The van der Waals surface area contributed by atoms with Crippen molar-refractivity contribution in [2.24, 2.45) is 11.8 Å². The monoisotopic (exact) mass is 310 g/mol. The number of hydrogen-bond acceptors (Lipinski definition) is 3. The van der Waals surface area contributed by atoms with Gasteiger partial charge in [-0.2, -0.15) is 0 Å². The zero-order chi connectivity index (χ0) is 16.1. The fourth-order valence-electron chi connectivity index (χ4n) is 3.55. The van der Waals surface area contributed by atoms with Gasteiger partial charge in [-0.15, -0.1) is 0 Å². The lowest BCUT2D eigenvalue weighted by Crippen LogP contribution is -2.45. The van der Waals surface area contributed by atoms with E-state index in [4.69, 9.17) is 5.11 Å². The third-order valence-electron chi connectivity index (χ3n) is 4.86. The minimum atomic E-state index is -0.909. The van der Waals surface area contributed by atoms with E-state index in [9.17, 15) is 14.4 Å². The van der Waals surface area contributed by atoms with Crippen LogP contribution >= 0.6 is 0 Å². The van der Waals surface area contributed by atoms with Crippen molar-refractivity contribution in [3.63, 3.8) is 0 Å². The lowest BCUT2D eigenvalue weighted by Gasteiger charge is -2.34. The number of rotatable bonds is 5. The minimum Gasteiger partial charge on any atom is -0.481 e. The summed E-state index contributed by atoms with van der Waals surface area (Å²) in [6, 6.07) is 0. The first kappa shape index (κ1) is 16.8. The van der Waals surface area contributed by atoms with Crippen LogP contribution in [0.4, 0.5) is 0 Å². The molecule has 2 rings (SSSR count). The van der Waals surface area contributed by atoms with Gasteiger partial charge in [-0.1, -0.05) is 12.8 Å². The second-order valence-corrected chi connectivity index (χ2v) is 6.43. The Bertz CT molecular complexity index is 432. The van der Waals surface area contributed by atoms with Gasteiger partial charge in [0, 0.05) is 38.5 Å². The molecule has 2 amide bonds.